The van der Waals surface area contributed by atoms with Crippen LogP contribution < -0.4 is 19.9 Å². The molecule has 0 atom stereocenters. The summed E-state index contributed by atoms with van der Waals surface area (Å²) in [7, 11) is 3.04. The quantitative estimate of drug-likeness (QED) is 0.869. The van der Waals surface area contributed by atoms with Crippen molar-refractivity contribution in [1.29, 1.82) is 0 Å². The molecule has 0 aliphatic rings. The molecule has 0 fully saturated rings. The maximum Gasteiger partial charge on any atom is 0.337 e. The van der Waals surface area contributed by atoms with Crippen molar-refractivity contribution >= 4 is 11.7 Å². The van der Waals surface area contributed by atoms with Gasteiger partial charge in [-0.25, -0.2) is 9.78 Å². The van der Waals surface area contributed by atoms with Crippen LogP contribution in [0.4, 0.5) is 5.69 Å². The first-order valence-electron chi connectivity index (χ1n) is 5.93. The lowest BCUT2D eigenvalue weighted by Crippen LogP contribution is -2.02. The highest BCUT2D eigenvalue weighted by molar-refractivity contribution is 5.88. The van der Waals surface area contributed by atoms with Crippen LogP contribution in [0.25, 0.3) is 0 Å². The zero-order valence-electron chi connectivity index (χ0n) is 11.5. The van der Waals surface area contributed by atoms with Crippen molar-refractivity contribution in [3.8, 4) is 23.1 Å². The first kappa shape index (κ1) is 14.4. The van der Waals surface area contributed by atoms with E-state index in [9.17, 15) is 4.79 Å². The molecule has 0 bridgehead atoms. The van der Waals surface area contributed by atoms with E-state index < -0.39 is 5.97 Å². The van der Waals surface area contributed by atoms with Crippen molar-refractivity contribution in [2.24, 2.45) is 0 Å². The van der Waals surface area contributed by atoms with E-state index in [0.29, 0.717) is 17.2 Å². The van der Waals surface area contributed by atoms with Gasteiger partial charge in [0.1, 0.15) is 17.2 Å². The number of carbonyl (C=O) groups is 1. The van der Waals surface area contributed by atoms with Crippen LogP contribution in [0.1, 0.15) is 10.4 Å². The number of rotatable bonds is 5. The number of nitrogens with two attached hydrogens (primary N) is 1. The van der Waals surface area contributed by atoms with Crippen LogP contribution in [0.2, 0.25) is 0 Å². The van der Waals surface area contributed by atoms with Gasteiger partial charge in [-0.3, -0.25) is 0 Å². The second kappa shape index (κ2) is 6.00. The zero-order valence-corrected chi connectivity index (χ0v) is 11.5. The van der Waals surface area contributed by atoms with Crippen molar-refractivity contribution in [3.63, 3.8) is 0 Å². The standard InChI is InChI=1S/C14H14N2O5/c1-19-9-4-10(20-2)6-11(5-9)21-13-12(15)3-8(7-16-13)14(17)18/h3-7H,15H2,1-2H3,(H,17,18). The molecule has 0 aliphatic heterocycles. The maximum absolute atomic E-state index is 10.8. The zero-order chi connectivity index (χ0) is 15.4. The summed E-state index contributed by atoms with van der Waals surface area (Å²) in [6.07, 6.45) is 1.17. The fraction of sp³-hybridized carbons (Fsp3) is 0.143. The highest BCUT2D eigenvalue weighted by Crippen LogP contribution is 2.32. The van der Waals surface area contributed by atoms with Gasteiger partial charge in [-0.2, -0.15) is 0 Å². The highest BCUT2D eigenvalue weighted by atomic mass is 16.5. The van der Waals surface area contributed by atoms with E-state index in [1.165, 1.54) is 26.5 Å². The van der Waals surface area contributed by atoms with E-state index in [1.54, 1.807) is 18.2 Å². The summed E-state index contributed by atoms with van der Waals surface area (Å²) >= 11 is 0. The summed E-state index contributed by atoms with van der Waals surface area (Å²) in [6, 6.07) is 6.24. The van der Waals surface area contributed by atoms with Crippen molar-refractivity contribution in [2.45, 2.75) is 0 Å². The SMILES string of the molecule is COc1cc(OC)cc(Oc2ncc(C(=O)O)cc2N)c1. The number of hydrogen-bond donors (Lipinski definition) is 2. The number of carboxylic acids is 1. The summed E-state index contributed by atoms with van der Waals surface area (Å²) in [4.78, 5) is 14.7. The van der Waals surface area contributed by atoms with Gasteiger partial charge in [-0.15, -0.1) is 0 Å². The number of nitrogens with zero attached hydrogens (tertiary/aromatic N) is 1. The third kappa shape index (κ3) is 3.33. The number of ether oxygens (including phenoxy) is 3. The predicted molar refractivity (Wildman–Crippen MR) is 75.2 cm³/mol. The van der Waals surface area contributed by atoms with Crippen molar-refractivity contribution in [3.05, 3.63) is 36.0 Å². The molecule has 2 aromatic rings. The number of carboxylic acid groups (broad SMARTS) is 1. The third-order valence-corrected chi connectivity index (χ3v) is 2.67. The number of nitrogen functional groups attached to an aromatic ring is 1. The molecule has 0 radical (unpaired) electrons. The fourth-order valence-corrected chi connectivity index (χ4v) is 1.62. The Morgan fingerprint density at radius 3 is 2.14 bits per heavy atom. The van der Waals surface area contributed by atoms with Gasteiger partial charge in [0, 0.05) is 24.4 Å². The van der Waals surface area contributed by atoms with E-state index >= 15 is 0 Å². The van der Waals surface area contributed by atoms with E-state index in [4.69, 9.17) is 25.1 Å². The first-order chi connectivity index (χ1) is 10.0. The van der Waals surface area contributed by atoms with Gasteiger partial charge in [0.25, 0.3) is 0 Å². The minimum absolute atomic E-state index is 0.0110. The lowest BCUT2D eigenvalue weighted by molar-refractivity contribution is 0.0696. The summed E-state index contributed by atoms with van der Waals surface area (Å²) in [5.41, 5.74) is 5.85. The largest absolute Gasteiger partial charge is 0.496 e. The molecule has 0 unspecified atom stereocenters. The normalized spacial score (nSPS) is 10.0. The predicted octanol–water partition coefficient (Wildman–Crippen LogP) is 2.17. The number of anilines is 1. The Labute approximate surface area is 120 Å². The molecule has 21 heavy (non-hydrogen) atoms. The van der Waals surface area contributed by atoms with E-state index in [1.807, 2.05) is 0 Å². The molecular formula is C14H14N2O5. The topological polar surface area (TPSA) is 104 Å². The van der Waals surface area contributed by atoms with Crippen molar-refractivity contribution < 1.29 is 24.1 Å². The van der Waals surface area contributed by atoms with Crippen LogP contribution in [0.5, 0.6) is 23.1 Å². The van der Waals surface area contributed by atoms with Gasteiger partial charge in [-0.05, 0) is 6.07 Å². The second-order valence-electron chi connectivity index (χ2n) is 4.07. The van der Waals surface area contributed by atoms with Gasteiger partial charge in [0.05, 0.1) is 25.5 Å². The van der Waals surface area contributed by atoms with Crippen LogP contribution in [-0.2, 0) is 0 Å². The monoisotopic (exact) mass is 290 g/mol. The molecule has 2 rings (SSSR count). The Morgan fingerprint density at radius 2 is 1.67 bits per heavy atom. The van der Waals surface area contributed by atoms with Gasteiger partial charge in [-0.1, -0.05) is 0 Å². The van der Waals surface area contributed by atoms with Crippen LogP contribution in [0.15, 0.2) is 30.5 Å². The summed E-state index contributed by atoms with van der Waals surface area (Å²) < 4.78 is 15.8. The summed E-state index contributed by atoms with van der Waals surface area (Å²) in [6.45, 7) is 0. The van der Waals surface area contributed by atoms with Crippen molar-refractivity contribution in [1.82, 2.24) is 4.98 Å². The van der Waals surface area contributed by atoms with Gasteiger partial charge < -0.3 is 25.1 Å². The highest BCUT2D eigenvalue weighted by Gasteiger charge is 2.11. The summed E-state index contributed by atoms with van der Waals surface area (Å²) in [5.74, 6) is 0.503. The molecule has 0 amide bonds. The Kier molecular flexibility index (Phi) is 4.13. The number of pyridine rings is 1. The van der Waals surface area contributed by atoms with Gasteiger partial charge in [0.2, 0.25) is 5.88 Å². The molecule has 7 nitrogen and oxygen atoms in total. The first-order valence-corrected chi connectivity index (χ1v) is 5.93. The third-order valence-electron chi connectivity index (χ3n) is 2.67. The maximum atomic E-state index is 10.8. The van der Waals surface area contributed by atoms with Gasteiger partial charge >= 0.3 is 5.97 Å². The summed E-state index contributed by atoms with van der Waals surface area (Å²) in [5, 5.41) is 8.86. The number of hydrogen-bond acceptors (Lipinski definition) is 6. The van der Waals surface area contributed by atoms with Gasteiger partial charge in [0.15, 0.2) is 0 Å². The smallest absolute Gasteiger partial charge is 0.337 e. The minimum atomic E-state index is -1.11. The number of aromatic nitrogens is 1. The number of aromatic carboxylic acids is 1. The molecule has 1 aromatic carbocycles. The minimum Gasteiger partial charge on any atom is -0.496 e. The van der Waals surface area contributed by atoms with Crippen LogP contribution in [0, 0.1) is 0 Å². The van der Waals surface area contributed by atoms with E-state index in [0.717, 1.165) is 0 Å². The second-order valence-corrected chi connectivity index (χ2v) is 4.07. The van der Waals surface area contributed by atoms with E-state index in [-0.39, 0.29) is 17.1 Å². The van der Waals surface area contributed by atoms with Crippen LogP contribution in [-0.4, -0.2) is 30.3 Å². The van der Waals surface area contributed by atoms with Crippen LogP contribution in [0.3, 0.4) is 0 Å². The van der Waals surface area contributed by atoms with Crippen molar-refractivity contribution in [2.75, 3.05) is 20.0 Å². The number of benzene rings is 1. The Morgan fingerprint density at radius 1 is 1.10 bits per heavy atom. The Balaban J connectivity index is 2.31. The molecule has 0 saturated carbocycles. The molecule has 3 N–H and O–H groups in total. The number of methoxy groups -OCH3 is 2. The average Bonchev–Trinajstić information content (AvgIpc) is 2.48. The Bertz CT molecular complexity index is 650. The van der Waals surface area contributed by atoms with Crippen LogP contribution >= 0.6 is 0 Å². The molecule has 0 saturated heterocycles. The Hall–Kier alpha value is -2.96. The molecule has 110 valence electrons. The lowest BCUT2D eigenvalue weighted by Gasteiger charge is -2.10. The molecule has 1 aromatic heterocycles. The fourth-order valence-electron chi connectivity index (χ4n) is 1.62. The van der Waals surface area contributed by atoms with E-state index in [2.05, 4.69) is 4.98 Å². The average molecular weight is 290 g/mol. The molecule has 0 spiro atoms. The molecule has 7 heteroatoms. The molecule has 1 heterocycles. The molecule has 0 aliphatic carbocycles. The lowest BCUT2D eigenvalue weighted by atomic mass is 10.2. The molecular weight excluding hydrogens is 276 g/mol.